The minimum Gasteiger partial charge on any atom is -0.352 e. The molecule has 0 atom stereocenters. The summed E-state index contributed by atoms with van der Waals surface area (Å²) in [5.41, 5.74) is 0.113. The number of thiol groups is 1. The van der Waals surface area contributed by atoms with Gasteiger partial charge in [0.05, 0.1) is 6.54 Å². The number of carbonyl (C=O) groups is 2. The van der Waals surface area contributed by atoms with Gasteiger partial charge in [0, 0.05) is 12.5 Å². The third kappa shape index (κ3) is 4.43. The first kappa shape index (κ1) is 13.4. The lowest BCUT2D eigenvalue weighted by molar-refractivity contribution is -0.126. The van der Waals surface area contributed by atoms with Crippen LogP contribution in [0.5, 0.6) is 0 Å². The van der Waals surface area contributed by atoms with Crippen LogP contribution in [0.4, 0.5) is 0 Å². The van der Waals surface area contributed by atoms with Gasteiger partial charge in [-0.2, -0.15) is 12.6 Å². The third-order valence-electron chi connectivity index (χ3n) is 2.72. The molecule has 0 aromatic heterocycles. The summed E-state index contributed by atoms with van der Waals surface area (Å²) in [7, 11) is 0. The quantitative estimate of drug-likeness (QED) is 0.603. The highest BCUT2D eigenvalue weighted by molar-refractivity contribution is 7.80. The SMILES string of the molecule is CC(C)NC(=O)CNC(=O)CC1(CS)CC1. The fourth-order valence-electron chi connectivity index (χ4n) is 1.52. The topological polar surface area (TPSA) is 58.2 Å². The standard InChI is InChI=1S/C11H20N2O2S/c1-8(2)13-10(15)6-12-9(14)5-11(7-16)3-4-11/h8,16H,3-7H2,1-2H3,(H,12,14)(H,13,15). The lowest BCUT2D eigenvalue weighted by Crippen LogP contribution is -2.40. The Labute approximate surface area is 102 Å². The molecule has 0 saturated heterocycles. The van der Waals surface area contributed by atoms with Gasteiger partial charge in [0.1, 0.15) is 0 Å². The van der Waals surface area contributed by atoms with Gasteiger partial charge in [0.2, 0.25) is 11.8 Å². The van der Waals surface area contributed by atoms with Crippen LogP contribution in [-0.2, 0) is 9.59 Å². The Hall–Kier alpha value is -0.710. The summed E-state index contributed by atoms with van der Waals surface area (Å²) in [4.78, 5) is 22.8. The van der Waals surface area contributed by atoms with E-state index in [1.54, 1.807) is 0 Å². The molecule has 0 aromatic carbocycles. The van der Waals surface area contributed by atoms with Crippen LogP contribution in [0, 0.1) is 5.41 Å². The molecular weight excluding hydrogens is 224 g/mol. The molecule has 0 bridgehead atoms. The lowest BCUT2D eigenvalue weighted by atomic mass is 10.1. The first-order valence-corrected chi connectivity index (χ1v) is 6.28. The summed E-state index contributed by atoms with van der Waals surface area (Å²) < 4.78 is 0. The minimum atomic E-state index is -0.140. The molecule has 2 amide bonds. The van der Waals surface area contributed by atoms with Crippen molar-refractivity contribution in [2.75, 3.05) is 12.3 Å². The Morgan fingerprint density at radius 2 is 1.94 bits per heavy atom. The van der Waals surface area contributed by atoms with Gasteiger partial charge in [0.15, 0.2) is 0 Å². The monoisotopic (exact) mass is 244 g/mol. The fourth-order valence-corrected chi connectivity index (χ4v) is 1.95. The molecule has 4 nitrogen and oxygen atoms in total. The van der Waals surface area contributed by atoms with Crippen LogP contribution in [-0.4, -0.2) is 30.2 Å². The predicted molar refractivity (Wildman–Crippen MR) is 66.4 cm³/mol. The molecular formula is C11H20N2O2S. The smallest absolute Gasteiger partial charge is 0.239 e. The minimum absolute atomic E-state index is 0.0505. The van der Waals surface area contributed by atoms with Crippen LogP contribution < -0.4 is 10.6 Å². The van der Waals surface area contributed by atoms with E-state index < -0.39 is 0 Å². The van der Waals surface area contributed by atoms with Gasteiger partial charge in [-0.1, -0.05) is 0 Å². The molecule has 1 saturated carbocycles. The average Bonchev–Trinajstić information content (AvgIpc) is 2.94. The van der Waals surface area contributed by atoms with E-state index in [0.29, 0.717) is 6.42 Å². The van der Waals surface area contributed by atoms with Crippen molar-refractivity contribution >= 4 is 24.4 Å². The van der Waals surface area contributed by atoms with E-state index in [0.717, 1.165) is 18.6 Å². The molecule has 0 spiro atoms. The van der Waals surface area contributed by atoms with Gasteiger partial charge in [-0.25, -0.2) is 0 Å². The van der Waals surface area contributed by atoms with Crippen molar-refractivity contribution in [3.05, 3.63) is 0 Å². The number of carbonyl (C=O) groups excluding carboxylic acids is 2. The zero-order valence-electron chi connectivity index (χ0n) is 9.88. The van der Waals surface area contributed by atoms with Gasteiger partial charge < -0.3 is 10.6 Å². The highest BCUT2D eigenvalue weighted by Gasteiger charge is 2.42. The van der Waals surface area contributed by atoms with Gasteiger partial charge >= 0.3 is 0 Å². The molecule has 1 aliphatic rings. The molecule has 16 heavy (non-hydrogen) atoms. The molecule has 0 aromatic rings. The zero-order chi connectivity index (χ0) is 12.2. The molecule has 5 heteroatoms. The summed E-state index contributed by atoms with van der Waals surface area (Å²) in [6, 6.07) is 0.108. The van der Waals surface area contributed by atoms with E-state index in [1.807, 2.05) is 13.8 Å². The third-order valence-corrected chi connectivity index (χ3v) is 3.39. The number of nitrogens with one attached hydrogen (secondary N) is 2. The van der Waals surface area contributed by atoms with Crippen molar-refractivity contribution in [3.63, 3.8) is 0 Å². The van der Waals surface area contributed by atoms with Gasteiger partial charge in [0.25, 0.3) is 0 Å². The van der Waals surface area contributed by atoms with E-state index in [4.69, 9.17) is 0 Å². The van der Waals surface area contributed by atoms with Gasteiger partial charge in [-0.15, -0.1) is 0 Å². The van der Waals surface area contributed by atoms with Crippen molar-refractivity contribution in [1.29, 1.82) is 0 Å². The fraction of sp³-hybridized carbons (Fsp3) is 0.818. The molecule has 1 rings (SSSR count). The first-order chi connectivity index (χ1) is 7.47. The Bertz CT molecular complexity index is 275. The molecule has 0 heterocycles. The zero-order valence-corrected chi connectivity index (χ0v) is 10.8. The second kappa shape index (κ2) is 5.57. The normalized spacial score (nSPS) is 17.0. The van der Waals surface area contributed by atoms with E-state index in [9.17, 15) is 9.59 Å². The van der Waals surface area contributed by atoms with Gasteiger partial charge in [-0.05, 0) is 37.9 Å². The van der Waals surface area contributed by atoms with E-state index in [-0.39, 0.29) is 29.8 Å². The molecule has 0 aliphatic heterocycles. The maximum atomic E-state index is 11.5. The Morgan fingerprint density at radius 3 is 2.38 bits per heavy atom. The maximum Gasteiger partial charge on any atom is 0.239 e. The van der Waals surface area contributed by atoms with E-state index >= 15 is 0 Å². The largest absolute Gasteiger partial charge is 0.352 e. The predicted octanol–water partition coefficient (Wildman–Crippen LogP) is 0.727. The van der Waals surface area contributed by atoms with Crippen LogP contribution in [0.3, 0.4) is 0 Å². The van der Waals surface area contributed by atoms with Crippen LogP contribution in [0.2, 0.25) is 0 Å². The molecule has 0 radical (unpaired) electrons. The number of amides is 2. The highest BCUT2D eigenvalue weighted by Crippen LogP contribution is 2.49. The maximum absolute atomic E-state index is 11.5. The molecule has 2 N–H and O–H groups in total. The first-order valence-electron chi connectivity index (χ1n) is 5.64. The van der Waals surface area contributed by atoms with Crippen molar-refractivity contribution in [1.82, 2.24) is 10.6 Å². The number of hydrogen-bond donors (Lipinski definition) is 3. The molecule has 1 aliphatic carbocycles. The van der Waals surface area contributed by atoms with E-state index in [1.165, 1.54) is 0 Å². The van der Waals surface area contributed by atoms with E-state index in [2.05, 4.69) is 23.3 Å². The average molecular weight is 244 g/mol. The van der Waals surface area contributed by atoms with Crippen molar-refractivity contribution < 1.29 is 9.59 Å². The number of rotatable bonds is 6. The second-order valence-electron chi connectivity index (χ2n) is 4.83. The van der Waals surface area contributed by atoms with Crippen LogP contribution >= 0.6 is 12.6 Å². The van der Waals surface area contributed by atoms with Crippen molar-refractivity contribution in [2.45, 2.75) is 39.2 Å². The van der Waals surface area contributed by atoms with Crippen LogP contribution in [0.15, 0.2) is 0 Å². The summed E-state index contributed by atoms with van der Waals surface area (Å²) >= 11 is 4.23. The molecule has 92 valence electrons. The summed E-state index contributed by atoms with van der Waals surface area (Å²) in [5, 5.41) is 5.36. The lowest BCUT2D eigenvalue weighted by Gasteiger charge is -2.12. The molecule has 0 unspecified atom stereocenters. The van der Waals surface area contributed by atoms with Crippen LogP contribution in [0.1, 0.15) is 33.1 Å². The van der Waals surface area contributed by atoms with Gasteiger partial charge in [-0.3, -0.25) is 9.59 Å². The highest BCUT2D eigenvalue weighted by atomic mass is 32.1. The van der Waals surface area contributed by atoms with Crippen molar-refractivity contribution in [2.24, 2.45) is 5.41 Å². The van der Waals surface area contributed by atoms with Crippen LogP contribution in [0.25, 0.3) is 0 Å². The Kier molecular flexibility index (Phi) is 4.65. The summed E-state index contributed by atoms with van der Waals surface area (Å²) in [6.07, 6.45) is 2.63. The Balaban J connectivity index is 2.18. The Morgan fingerprint density at radius 1 is 1.31 bits per heavy atom. The van der Waals surface area contributed by atoms with Crippen molar-refractivity contribution in [3.8, 4) is 0 Å². The number of hydrogen-bond acceptors (Lipinski definition) is 3. The second-order valence-corrected chi connectivity index (χ2v) is 5.15. The summed E-state index contributed by atoms with van der Waals surface area (Å²) in [5.74, 6) is 0.558. The molecule has 1 fully saturated rings. The summed E-state index contributed by atoms with van der Waals surface area (Å²) in [6.45, 7) is 3.85.